The number of carbonyl (C=O) groups excluding carboxylic acids is 1. The summed E-state index contributed by atoms with van der Waals surface area (Å²) < 4.78 is 37.3. The van der Waals surface area contributed by atoms with E-state index < -0.39 is 36.3 Å². The maximum absolute atomic E-state index is 12.4. The number of carboxylic acids is 1. The van der Waals surface area contributed by atoms with Crippen molar-refractivity contribution < 1.29 is 27.9 Å². The Labute approximate surface area is 113 Å². The minimum Gasteiger partial charge on any atom is -0.477 e. The summed E-state index contributed by atoms with van der Waals surface area (Å²) in [5.41, 5.74) is -0.540. The monoisotopic (exact) mass is 290 g/mol. The summed E-state index contributed by atoms with van der Waals surface area (Å²) in [6.07, 6.45) is -3.45. The summed E-state index contributed by atoms with van der Waals surface area (Å²) in [5, 5.41) is 8.76. The molecule has 1 N–H and O–H groups in total. The van der Waals surface area contributed by atoms with Crippen LogP contribution in [0, 0.1) is 0 Å². The molecule has 1 rings (SSSR count). The van der Waals surface area contributed by atoms with Gasteiger partial charge in [-0.05, 0) is 26.0 Å². The fraction of sp³-hybridized carbons (Fsp3) is 0.417. The van der Waals surface area contributed by atoms with Gasteiger partial charge in [-0.3, -0.25) is 4.79 Å². The maximum atomic E-state index is 12.4. The van der Waals surface area contributed by atoms with Gasteiger partial charge >= 0.3 is 12.1 Å². The van der Waals surface area contributed by atoms with Gasteiger partial charge in [0.15, 0.2) is 0 Å². The standard InChI is InChI=1S/C12H13F3N2O3/c1-7(2)17(6-12(13,14)15)10(18)8-3-4-16-9(5-8)11(19)20/h3-5,7H,6H2,1-2H3,(H,19,20). The molecule has 1 aromatic heterocycles. The van der Waals surface area contributed by atoms with Crippen molar-refractivity contribution >= 4 is 11.9 Å². The number of nitrogens with zero attached hydrogens (tertiary/aromatic N) is 2. The first-order valence-electron chi connectivity index (χ1n) is 5.69. The molecule has 0 aromatic carbocycles. The highest BCUT2D eigenvalue weighted by molar-refractivity contribution is 5.96. The van der Waals surface area contributed by atoms with Crippen LogP contribution in [-0.4, -0.2) is 45.6 Å². The van der Waals surface area contributed by atoms with Gasteiger partial charge in [0.25, 0.3) is 5.91 Å². The molecule has 8 heteroatoms. The van der Waals surface area contributed by atoms with Gasteiger partial charge in [0, 0.05) is 17.8 Å². The number of aromatic nitrogens is 1. The van der Waals surface area contributed by atoms with Gasteiger partial charge in [-0.2, -0.15) is 13.2 Å². The number of rotatable bonds is 4. The van der Waals surface area contributed by atoms with Crippen LogP contribution in [0.5, 0.6) is 0 Å². The zero-order chi connectivity index (χ0) is 15.5. The normalized spacial score (nSPS) is 11.5. The fourth-order valence-corrected chi connectivity index (χ4v) is 1.53. The van der Waals surface area contributed by atoms with Crippen molar-refractivity contribution in [3.63, 3.8) is 0 Å². The van der Waals surface area contributed by atoms with E-state index in [-0.39, 0.29) is 5.56 Å². The lowest BCUT2D eigenvalue weighted by Gasteiger charge is -2.27. The first-order valence-corrected chi connectivity index (χ1v) is 5.69. The van der Waals surface area contributed by atoms with E-state index in [1.165, 1.54) is 19.9 Å². The summed E-state index contributed by atoms with van der Waals surface area (Å²) in [6.45, 7) is 1.50. The second-order valence-electron chi connectivity index (χ2n) is 4.38. The van der Waals surface area contributed by atoms with E-state index >= 15 is 0 Å². The quantitative estimate of drug-likeness (QED) is 0.922. The molecule has 0 aliphatic carbocycles. The minimum absolute atomic E-state index is 0.143. The molecule has 0 saturated carbocycles. The summed E-state index contributed by atoms with van der Waals surface area (Å²) >= 11 is 0. The summed E-state index contributed by atoms with van der Waals surface area (Å²) in [5.74, 6) is -2.24. The molecule has 0 aliphatic heterocycles. The lowest BCUT2D eigenvalue weighted by Crippen LogP contribution is -2.43. The molecule has 0 spiro atoms. The van der Waals surface area contributed by atoms with Crippen LogP contribution in [0.15, 0.2) is 18.3 Å². The molecule has 5 nitrogen and oxygen atoms in total. The van der Waals surface area contributed by atoms with Crippen molar-refractivity contribution in [3.8, 4) is 0 Å². The van der Waals surface area contributed by atoms with Crippen molar-refractivity contribution in [1.82, 2.24) is 9.88 Å². The molecule has 0 fully saturated rings. The molecular formula is C12H13F3N2O3. The number of carbonyl (C=O) groups is 2. The molecule has 0 aliphatic rings. The van der Waals surface area contributed by atoms with E-state index in [0.717, 1.165) is 12.3 Å². The van der Waals surface area contributed by atoms with Gasteiger partial charge in [0.1, 0.15) is 12.2 Å². The molecule has 1 heterocycles. The Morgan fingerprint density at radius 3 is 2.45 bits per heavy atom. The zero-order valence-corrected chi connectivity index (χ0v) is 10.8. The van der Waals surface area contributed by atoms with Crippen LogP contribution in [0.3, 0.4) is 0 Å². The summed E-state index contributed by atoms with van der Waals surface area (Å²) in [6, 6.07) is 1.46. The highest BCUT2D eigenvalue weighted by atomic mass is 19.4. The molecule has 0 unspecified atom stereocenters. The SMILES string of the molecule is CC(C)N(CC(F)(F)F)C(=O)c1ccnc(C(=O)O)c1. The van der Waals surface area contributed by atoms with Gasteiger partial charge in [0.05, 0.1) is 0 Å². The Morgan fingerprint density at radius 2 is 2.00 bits per heavy atom. The maximum Gasteiger partial charge on any atom is 0.406 e. The van der Waals surface area contributed by atoms with Gasteiger partial charge in [-0.25, -0.2) is 9.78 Å². The van der Waals surface area contributed by atoms with Crippen LogP contribution >= 0.6 is 0 Å². The third-order valence-electron chi connectivity index (χ3n) is 2.46. The first-order chi connectivity index (χ1) is 9.11. The number of carboxylic acid groups (broad SMARTS) is 1. The Bertz CT molecular complexity index is 515. The number of alkyl halides is 3. The molecule has 110 valence electrons. The second kappa shape index (κ2) is 5.89. The Morgan fingerprint density at radius 1 is 1.40 bits per heavy atom. The van der Waals surface area contributed by atoms with Gasteiger partial charge in [0.2, 0.25) is 0 Å². The number of hydrogen-bond acceptors (Lipinski definition) is 3. The third kappa shape index (κ3) is 4.22. The highest BCUT2D eigenvalue weighted by Crippen LogP contribution is 2.20. The van der Waals surface area contributed by atoms with Crippen molar-refractivity contribution in [2.75, 3.05) is 6.54 Å². The number of pyridine rings is 1. The molecule has 0 radical (unpaired) electrons. The second-order valence-corrected chi connectivity index (χ2v) is 4.38. The van der Waals surface area contributed by atoms with E-state index in [0.29, 0.717) is 4.90 Å². The van der Waals surface area contributed by atoms with Crippen LogP contribution in [0.4, 0.5) is 13.2 Å². The molecule has 0 atom stereocenters. The van der Waals surface area contributed by atoms with Crippen LogP contribution in [-0.2, 0) is 0 Å². The smallest absolute Gasteiger partial charge is 0.406 e. The molecule has 1 amide bonds. The topological polar surface area (TPSA) is 70.5 Å². The summed E-state index contributed by atoms with van der Waals surface area (Å²) in [7, 11) is 0. The van der Waals surface area contributed by atoms with Gasteiger partial charge < -0.3 is 10.0 Å². The Kier molecular flexibility index (Phi) is 4.69. The van der Waals surface area contributed by atoms with Crippen LogP contribution in [0.2, 0.25) is 0 Å². The van der Waals surface area contributed by atoms with Crippen molar-refractivity contribution in [2.45, 2.75) is 26.1 Å². The molecule has 0 saturated heterocycles. The zero-order valence-electron chi connectivity index (χ0n) is 10.8. The lowest BCUT2D eigenvalue weighted by molar-refractivity contribution is -0.143. The van der Waals surface area contributed by atoms with E-state index in [1.807, 2.05) is 0 Å². The third-order valence-corrected chi connectivity index (χ3v) is 2.46. The van der Waals surface area contributed by atoms with Gasteiger partial charge in [-0.15, -0.1) is 0 Å². The fourth-order valence-electron chi connectivity index (χ4n) is 1.53. The van der Waals surface area contributed by atoms with E-state index in [2.05, 4.69) is 4.98 Å². The van der Waals surface area contributed by atoms with Crippen molar-refractivity contribution in [2.24, 2.45) is 0 Å². The number of halogens is 3. The van der Waals surface area contributed by atoms with E-state index in [1.54, 1.807) is 0 Å². The lowest BCUT2D eigenvalue weighted by atomic mass is 10.1. The Hall–Kier alpha value is -2.12. The predicted octanol–water partition coefficient (Wildman–Crippen LogP) is 2.19. The average molecular weight is 290 g/mol. The van der Waals surface area contributed by atoms with Crippen LogP contribution in [0.25, 0.3) is 0 Å². The molecular weight excluding hydrogens is 277 g/mol. The average Bonchev–Trinajstić information content (AvgIpc) is 2.34. The molecule has 1 aromatic rings. The summed E-state index contributed by atoms with van der Waals surface area (Å²) in [4.78, 5) is 26.9. The number of hydrogen-bond donors (Lipinski definition) is 1. The largest absolute Gasteiger partial charge is 0.477 e. The molecule has 0 bridgehead atoms. The number of aromatic carboxylic acids is 1. The highest BCUT2D eigenvalue weighted by Gasteiger charge is 2.34. The van der Waals surface area contributed by atoms with E-state index in [9.17, 15) is 22.8 Å². The van der Waals surface area contributed by atoms with Crippen LogP contribution < -0.4 is 0 Å². The molecule has 20 heavy (non-hydrogen) atoms. The number of amides is 1. The Balaban J connectivity index is 3.06. The predicted molar refractivity (Wildman–Crippen MR) is 63.4 cm³/mol. The van der Waals surface area contributed by atoms with Crippen LogP contribution in [0.1, 0.15) is 34.7 Å². The van der Waals surface area contributed by atoms with Crippen molar-refractivity contribution in [3.05, 3.63) is 29.6 Å². The first kappa shape index (κ1) is 15.9. The van der Waals surface area contributed by atoms with Gasteiger partial charge in [-0.1, -0.05) is 0 Å². The minimum atomic E-state index is -4.53. The van der Waals surface area contributed by atoms with Crippen molar-refractivity contribution in [1.29, 1.82) is 0 Å². The van der Waals surface area contributed by atoms with E-state index in [4.69, 9.17) is 5.11 Å².